The van der Waals surface area contributed by atoms with Gasteiger partial charge in [0.2, 0.25) is 5.91 Å². The number of carbonyl (C=O) groups excluding carboxylic acids is 4. The molecule has 0 heterocycles. The van der Waals surface area contributed by atoms with Crippen molar-refractivity contribution in [3.8, 4) is 11.8 Å². The standard InChI is InChI=1S/C18H26N2O7/c1-7-25-16(24)18(26-8-2,20-12(3)22)13(11-21)9-10-14(19)15(23)27-17(4,5)6/h14H,7-8,19H2,1-6H3,(H,20,22). The molecule has 0 saturated carbocycles. The molecule has 0 spiro atoms. The highest BCUT2D eigenvalue weighted by molar-refractivity contribution is 5.93. The lowest BCUT2D eigenvalue weighted by Gasteiger charge is -2.29. The summed E-state index contributed by atoms with van der Waals surface area (Å²) in [6.45, 7) is 9.05. The smallest absolute Gasteiger partial charge is 0.366 e. The summed E-state index contributed by atoms with van der Waals surface area (Å²) in [4.78, 5) is 47.3. The largest absolute Gasteiger partial charge is 0.462 e. The minimum Gasteiger partial charge on any atom is -0.462 e. The highest BCUT2D eigenvalue weighted by Crippen LogP contribution is 2.19. The molecule has 1 amide bonds. The summed E-state index contributed by atoms with van der Waals surface area (Å²) in [5.74, 6) is 3.49. The number of esters is 2. The number of rotatable bonds is 7. The molecule has 2 unspecified atom stereocenters. The van der Waals surface area contributed by atoms with Crippen LogP contribution in [0.2, 0.25) is 0 Å². The van der Waals surface area contributed by atoms with E-state index in [4.69, 9.17) is 19.9 Å². The first-order valence-electron chi connectivity index (χ1n) is 8.29. The van der Waals surface area contributed by atoms with Crippen molar-refractivity contribution < 1.29 is 33.4 Å². The summed E-state index contributed by atoms with van der Waals surface area (Å²) < 4.78 is 15.3. The van der Waals surface area contributed by atoms with Crippen molar-refractivity contribution in [2.24, 2.45) is 5.73 Å². The first-order valence-corrected chi connectivity index (χ1v) is 8.29. The Morgan fingerprint density at radius 3 is 2.15 bits per heavy atom. The molecular weight excluding hydrogens is 356 g/mol. The quantitative estimate of drug-likeness (QED) is 0.269. The van der Waals surface area contributed by atoms with Gasteiger partial charge in [-0.25, -0.2) is 14.4 Å². The first kappa shape index (κ1) is 24.3. The van der Waals surface area contributed by atoms with E-state index in [0.29, 0.717) is 0 Å². The summed E-state index contributed by atoms with van der Waals surface area (Å²) in [7, 11) is 0. The fourth-order valence-electron chi connectivity index (χ4n) is 1.84. The molecule has 27 heavy (non-hydrogen) atoms. The highest BCUT2D eigenvalue weighted by atomic mass is 16.6. The lowest BCUT2D eigenvalue weighted by Crippen LogP contribution is -2.58. The average molecular weight is 382 g/mol. The van der Waals surface area contributed by atoms with Crippen LogP contribution >= 0.6 is 0 Å². The molecule has 0 aromatic rings. The van der Waals surface area contributed by atoms with E-state index in [-0.39, 0.29) is 13.2 Å². The Balaban J connectivity index is 5.96. The molecule has 0 bridgehead atoms. The molecular formula is C18H26N2O7. The van der Waals surface area contributed by atoms with Crippen molar-refractivity contribution in [1.82, 2.24) is 5.32 Å². The monoisotopic (exact) mass is 382 g/mol. The van der Waals surface area contributed by atoms with Gasteiger partial charge < -0.3 is 25.3 Å². The molecule has 150 valence electrons. The number of carbonyl (C=O) groups is 3. The normalized spacial score (nSPS) is 13.7. The Morgan fingerprint density at radius 1 is 1.15 bits per heavy atom. The van der Waals surface area contributed by atoms with Crippen LogP contribution in [-0.2, 0) is 33.4 Å². The molecule has 0 aromatic carbocycles. The van der Waals surface area contributed by atoms with Crippen LogP contribution in [-0.4, -0.2) is 54.4 Å². The minimum atomic E-state index is -2.29. The van der Waals surface area contributed by atoms with Crippen molar-refractivity contribution in [2.75, 3.05) is 13.2 Å². The lowest BCUT2D eigenvalue weighted by molar-refractivity contribution is -0.172. The molecule has 0 saturated heterocycles. The molecule has 2 atom stereocenters. The van der Waals surface area contributed by atoms with Crippen LogP contribution in [0, 0.1) is 11.8 Å². The van der Waals surface area contributed by atoms with Crippen molar-refractivity contribution in [3.05, 3.63) is 5.57 Å². The van der Waals surface area contributed by atoms with Gasteiger partial charge in [0.15, 0.2) is 11.6 Å². The first-order chi connectivity index (χ1) is 12.4. The molecule has 0 aromatic heterocycles. The summed E-state index contributed by atoms with van der Waals surface area (Å²) in [6, 6.07) is -1.40. The highest BCUT2D eigenvalue weighted by Gasteiger charge is 2.47. The second kappa shape index (κ2) is 10.5. The molecule has 3 N–H and O–H groups in total. The van der Waals surface area contributed by atoms with Gasteiger partial charge in [-0.3, -0.25) is 4.79 Å². The van der Waals surface area contributed by atoms with E-state index >= 15 is 0 Å². The third kappa shape index (κ3) is 7.62. The van der Waals surface area contributed by atoms with Gasteiger partial charge in [-0.1, -0.05) is 11.8 Å². The van der Waals surface area contributed by atoms with Crippen molar-refractivity contribution in [1.29, 1.82) is 0 Å². The van der Waals surface area contributed by atoms with E-state index in [2.05, 4.69) is 17.2 Å². The van der Waals surface area contributed by atoms with E-state index in [1.165, 1.54) is 19.8 Å². The van der Waals surface area contributed by atoms with E-state index in [0.717, 1.165) is 6.92 Å². The molecule has 0 aliphatic heterocycles. The Kier molecular flexibility index (Phi) is 9.45. The Morgan fingerprint density at radius 2 is 1.74 bits per heavy atom. The maximum atomic E-state index is 12.4. The molecule has 0 fully saturated rings. The lowest BCUT2D eigenvalue weighted by atomic mass is 10.0. The number of hydrogen-bond donors (Lipinski definition) is 2. The average Bonchev–Trinajstić information content (AvgIpc) is 2.53. The van der Waals surface area contributed by atoms with E-state index in [9.17, 15) is 19.2 Å². The molecule has 0 radical (unpaired) electrons. The minimum absolute atomic E-state index is 0.0375. The van der Waals surface area contributed by atoms with Crippen LogP contribution in [0.3, 0.4) is 0 Å². The Labute approximate surface area is 158 Å². The fraction of sp³-hybridized carbons (Fsp3) is 0.611. The predicted molar refractivity (Wildman–Crippen MR) is 95.6 cm³/mol. The van der Waals surface area contributed by atoms with Crippen LogP contribution in [0.1, 0.15) is 41.5 Å². The van der Waals surface area contributed by atoms with Crippen molar-refractivity contribution >= 4 is 23.8 Å². The molecule has 9 heteroatoms. The zero-order chi connectivity index (χ0) is 21.3. The van der Waals surface area contributed by atoms with Gasteiger partial charge in [-0.2, -0.15) is 0 Å². The van der Waals surface area contributed by atoms with Crippen LogP contribution in [0.15, 0.2) is 5.57 Å². The summed E-state index contributed by atoms with van der Waals surface area (Å²) in [5, 5.41) is 2.23. The maximum absolute atomic E-state index is 12.4. The Hall–Kier alpha value is -2.66. The van der Waals surface area contributed by atoms with Crippen molar-refractivity contribution in [3.63, 3.8) is 0 Å². The van der Waals surface area contributed by atoms with Crippen molar-refractivity contribution in [2.45, 2.75) is 58.9 Å². The third-order valence-corrected chi connectivity index (χ3v) is 2.74. The molecule has 0 aliphatic rings. The summed E-state index contributed by atoms with van der Waals surface area (Å²) >= 11 is 0. The maximum Gasteiger partial charge on any atom is 0.366 e. The zero-order valence-corrected chi connectivity index (χ0v) is 16.4. The number of ether oxygens (including phenoxy) is 3. The molecule has 0 aliphatic carbocycles. The summed E-state index contributed by atoms with van der Waals surface area (Å²) in [6.07, 6.45) is 0. The second-order valence-corrected chi connectivity index (χ2v) is 6.27. The van der Waals surface area contributed by atoms with E-state index in [1.54, 1.807) is 20.8 Å². The van der Waals surface area contributed by atoms with Gasteiger partial charge >= 0.3 is 11.9 Å². The van der Waals surface area contributed by atoms with E-state index < -0.39 is 40.8 Å². The molecule has 9 nitrogen and oxygen atoms in total. The second-order valence-electron chi connectivity index (χ2n) is 6.27. The predicted octanol–water partition coefficient (Wildman–Crippen LogP) is -0.151. The third-order valence-electron chi connectivity index (χ3n) is 2.74. The Bertz CT molecular complexity index is 678. The van der Waals surface area contributed by atoms with Gasteiger partial charge in [0.05, 0.1) is 6.61 Å². The number of nitrogens with two attached hydrogens (primary N) is 1. The van der Waals surface area contributed by atoms with Crippen LogP contribution in [0.4, 0.5) is 0 Å². The van der Waals surface area contributed by atoms with Crippen LogP contribution in [0.5, 0.6) is 0 Å². The van der Waals surface area contributed by atoms with Crippen LogP contribution < -0.4 is 11.1 Å². The van der Waals surface area contributed by atoms with Gasteiger partial charge in [0.25, 0.3) is 5.72 Å². The van der Waals surface area contributed by atoms with Gasteiger partial charge in [0.1, 0.15) is 11.5 Å². The van der Waals surface area contributed by atoms with Gasteiger partial charge in [-0.05, 0) is 34.6 Å². The van der Waals surface area contributed by atoms with E-state index in [1.807, 2.05) is 0 Å². The number of amides is 1. The van der Waals surface area contributed by atoms with Gasteiger partial charge in [0, 0.05) is 13.5 Å². The zero-order valence-electron chi connectivity index (χ0n) is 16.4. The summed E-state index contributed by atoms with van der Waals surface area (Å²) in [5.41, 5.74) is 1.98. The topological polar surface area (TPSA) is 134 Å². The fourth-order valence-corrected chi connectivity index (χ4v) is 1.84. The SMILES string of the molecule is CCOC(=O)C(NC(C)=O)(OCC)C(=C=O)C#CC(N)C(=O)OC(C)(C)C. The molecule has 0 rings (SSSR count). The number of nitrogens with one attached hydrogen (secondary N) is 1. The number of hydrogen-bond acceptors (Lipinski definition) is 8. The van der Waals surface area contributed by atoms with Gasteiger partial charge in [-0.15, -0.1) is 0 Å². The van der Waals surface area contributed by atoms with Crippen LogP contribution in [0.25, 0.3) is 0 Å².